The molecule has 0 saturated heterocycles. The van der Waals surface area contributed by atoms with Crippen molar-refractivity contribution >= 4 is 12.4 Å². The average molecular weight is 158 g/mol. The van der Waals surface area contributed by atoms with Gasteiger partial charge in [-0.3, -0.25) is 0 Å². The highest BCUT2D eigenvalue weighted by Gasteiger charge is 1.89. The van der Waals surface area contributed by atoms with E-state index in [1.807, 2.05) is 12.1 Å². The normalized spacial score (nSPS) is 8.60. The topological polar surface area (TPSA) is 26.0 Å². The van der Waals surface area contributed by atoms with Crippen molar-refractivity contribution in [1.29, 1.82) is 0 Å². The summed E-state index contributed by atoms with van der Waals surface area (Å²) in [6.07, 6.45) is 0. The minimum atomic E-state index is 0. The Bertz CT molecular complexity index is 198. The van der Waals surface area contributed by atoms with Gasteiger partial charge in [0, 0.05) is 6.54 Å². The third kappa shape index (κ3) is 2.01. The van der Waals surface area contributed by atoms with Crippen LogP contribution in [0.3, 0.4) is 0 Å². The molecule has 0 aromatic heterocycles. The molecule has 0 heterocycles. The number of hydrogen-bond donors (Lipinski definition) is 1. The van der Waals surface area contributed by atoms with Gasteiger partial charge in [-0.1, -0.05) is 24.3 Å². The molecular weight excluding hydrogens is 146 g/mol. The molecule has 0 unspecified atom stereocenters. The quantitative estimate of drug-likeness (QED) is 0.662. The molecule has 0 saturated carbocycles. The molecule has 10 heavy (non-hydrogen) atoms. The van der Waals surface area contributed by atoms with Crippen LogP contribution in [0.25, 0.3) is 0 Å². The molecule has 56 valence electrons. The van der Waals surface area contributed by atoms with Crippen LogP contribution in [-0.2, 0) is 6.54 Å². The molecule has 0 amide bonds. The van der Waals surface area contributed by atoms with E-state index in [1.54, 1.807) is 0 Å². The lowest BCUT2D eigenvalue weighted by Crippen LogP contribution is -1.97. The van der Waals surface area contributed by atoms with Crippen LogP contribution in [0.1, 0.15) is 11.1 Å². The Labute approximate surface area is 67.7 Å². The van der Waals surface area contributed by atoms with E-state index in [0.29, 0.717) is 6.54 Å². The fourth-order valence-corrected chi connectivity index (χ4v) is 0.839. The lowest BCUT2D eigenvalue weighted by molar-refractivity contribution is 1.05. The monoisotopic (exact) mass is 157 g/mol. The van der Waals surface area contributed by atoms with E-state index < -0.39 is 0 Å². The summed E-state index contributed by atoms with van der Waals surface area (Å²) >= 11 is 0. The van der Waals surface area contributed by atoms with Gasteiger partial charge < -0.3 is 5.73 Å². The Balaban J connectivity index is 0.000000810. The van der Waals surface area contributed by atoms with Crippen molar-refractivity contribution in [2.45, 2.75) is 13.5 Å². The first-order valence-electron chi connectivity index (χ1n) is 3.09. The fraction of sp³-hybridized carbons (Fsp3) is 0.250. The van der Waals surface area contributed by atoms with E-state index in [1.165, 1.54) is 11.1 Å². The highest BCUT2D eigenvalue weighted by molar-refractivity contribution is 5.85. The SMILES string of the molecule is Cc1ccccc1CN.Cl. The smallest absolute Gasteiger partial charge is 0.0180 e. The predicted molar refractivity (Wildman–Crippen MR) is 46.3 cm³/mol. The van der Waals surface area contributed by atoms with Crippen molar-refractivity contribution in [2.24, 2.45) is 5.73 Å². The molecule has 0 aliphatic carbocycles. The van der Waals surface area contributed by atoms with Gasteiger partial charge in [-0.05, 0) is 18.1 Å². The standard InChI is InChI=1S/C8H11N.ClH/c1-7-4-2-3-5-8(7)6-9;/h2-5H,6,9H2,1H3;1H. The van der Waals surface area contributed by atoms with Crippen LogP contribution in [0, 0.1) is 6.92 Å². The Morgan fingerprint density at radius 1 is 1.30 bits per heavy atom. The van der Waals surface area contributed by atoms with Crippen molar-refractivity contribution in [3.63, 3.8) is 0 Å². The van der Waals surface area contributed by atoms with Crippen LogP contribution < -0.4 is 5.73 Å². The van der Waals surface area contributed by atoms with Crippen LogP contribution in [0.4, 0.5) is 0 Å². The van der Waals surface area contributed by atoms with E-state index in [-0.39, 0.29) is 12.4 Å². The number of halogens is 1. The Hall–Kier alpha value is -0.530. The maximum Gasteiger partial charge on any atom is 0.0180 e. The van der Waals surface area contributed by atoms with Gasteiger partial charge in [-0.15, -0.1) is 12.4 Å². The van der Waals surface area contributed by atoms with Gasteiger partial charge in [0.05, 0.1) is 0 Å². The summed E-state index contributed by atoms with van der Waals surface area (Å²) < 4.78 is 0. The first kappa shape index (κ1) is 9.47. The predicted octanol–water partition coefficient (Wildman–Crippen LogP) is 1.88. The van der Waals surface area contributed by atoms with Gasteiger partial charge in [0.25, 0.3) is 0 Å². The molecule has 0 aliphatic rings. The molecule has 0 radical (unpaired) electrons. The van der Waals surface area contributed by atoms with Gasteiger partial charge >= 0.3 is 0 Å². The highest BCUT2D eigenvalue weighted by atomic mass is 35.5. The van der Waals surface area contributed by atoms with Gasteiger partial charge in [0.1, 0.15) is 0 Å². The molecule has 0 aliphatic heterocycles. The number of rotatable bonds is 1. The summed E-state index contributed by atoms with van der Waals surface area (Å²) in [5.74, 6) is 0. The van der Waals surface area contributed by atoms with Crippen LogP contribution in [0.15, 0.2) is 24.3 Å². The molecule has 1 rings (SSSR count). The molecule has 0 atom stereocenters. The van der Waals surface area contributed by atoms with E-state index >= 15 is 0 Å². The van der Waals surface area contributed by atoms with E-state index in [4.69, 9.17) is 5.73 Å². The molecule has 0 spiro atoms. The van der Waals surface area contributed by atoms with Gasteiger partial charge in [0.2, 0.25) is 0 Å². The van der Waals surface area contributed by atoms with E-state index in [9.17, 15) is 0 Å². The zero-order valence-corrected chi connectivity index (χ0v) is 6.82. The van der Waals surface area contributed by atoms with Crippen molar-refractivity contribution in [2.75, 3.05) is 0 Å². The van der Waals surface area contributed by atoms with Crippen molar-refractivity contribution in [3.8, 4) is 0 Å². The minimum Gasteiger partial charge on any atom is -0.326 e. The first-order valence-corrected chi connectivity index (χ1v) is 3.09. The van der Waals surface area contributed by atoms with Crippen molar-refractivity contribution in [3.05, 3.63) is 35.4 Å². The zero-order valence-electron chi connectivity index (χ0n) is 6.00. The maximum absolute atomic E-state index is 5.45. The van der Waals surface area contributed by atoms with Crippen LogP contribution >= 0.6 is 12.4 Å². The second kappa shape index (κ2) is 4.31. The molecule has 1 aromatic rings. The van der Waals surface area contributed by atoms with E-state index in [0.717, 1.165) is 0 Å². The molecule has 0 bridgehead atoms. The third-order valence-electron chi connectivity index (χ3n) is 1.48. The summed E-state index contributed by atoms with van der Waals surface area (Å²) in [7, 11) is 0. The molecule has 1 aromatic carbocycles. The first-order chi connectivity index (χ1) is 4.34. The van der Waals surface area contributed by atoms with Crippen LogP contribution in [0.5, 0.6) is 0 Å². The number of nitrogens with two attached hydrogens (primary N) is 1. The molecule has 2 heteroatoms. The van der Waals surface area contributed by atoms with E-state index in [2.05, 4.69) is 19.1 Å². The van der Waals surface area contributed by atoms with Gasteiger partial charge in [-0.25, -0.2) is 0 Å². The molecular formula is C8H12ClN. The lowest BCUT2D eigenvalue weighted by Gasteiger charge is -1.98. The molecule has 1 nitrogen and oxygen atoms in total. The van der Waals surface area contributed by atoms with Gasteiger partial charge in [-0.2, -0.15) is 0 Å². The number of aryl methyl sites for hydroxylation is 1. The summed E-state index contributed by atoms with van der Waals surface area (Å²) in [6.45, 7) is 2.72. The minimum absolute atomic E-state index is 0. The highest BCUT2D eigenvalue weighted by Crippen LogP contribution is 2.04. The summed E-state index contributed by atoms with van der Waals surface area (Å²) in [5.41, 5.74) is 7.96. The average Bonchev–Trinajstić information content (AvgIpc) is 1.89. The zero-order chi connectivity index (χ0) is 6.69. The Morgan fingerprint density at radius 3 is 2.30 bits per heavy atom. The number of benzene rings is 1. The van der Waals surface area contributed by atoms with Crippen LogP contribution in [0.2, 0.25) is 0 Å². The Kier molecular flexibility index (Phi) is 4.08. The summed E-state index contributed by atoms with van der Waals surface area (Å²) in [5, 5.41) is 0. The summed E-state index contributed by atoms with van der Waals surface area (Å²) in [6, 6.07) is 8.15. The Morgan fingerprint density at radius 2 is 1.90 bits per heavy atom. The molecule has 2 N–H and O–H groups in total. The molecule has 0 fully saturated rings. The summed E-state index contributed by atoms with van der Waals surface area (Å²) in [4.78, 5) is 0. The van der Waals surface area contributed by atoms with Crippen molar-refractivity contribution < 1.29 is 0 Å². The van der Waals surface area contributed by atoms with Gasteiger partial charge in [0.15, 0.2) is 0 Å². The van der Waals surface area contributed by atoms with Crippen molar-refractivity contribution in [1.82, 2.24) is 0 Å². The second-order valence-electron chi connectivity index (χ2n) is 2.13. The second-order valence-corrected chi connectivity index (χ2v) is 2.13. The maximum atomic E-state index is 5.45. The largest absolute Gasteiger partial charge is 0.326 e. The fourth-order valence-electron chi connectivity index (χ4n) is 0.839. The lowest BCUT2D eigenvalue weighted by atomic mass is 10.1. The third-order valence-corrected chi connectivity index (χ3v) is 1.48. The number of hydrogen-bond acceptors (Lipinski definition) is 1. The van der Waals surface area contributed by atoms with Crippen LogP contribution in [-0.4, -0.2) is 0 Å².